The van der Waals surface area contributed by atoms with E-state index in [2.05, 4.69) is 16.8 Å². The van der Waals surface area contributed by atoms with Crippen molar-refractivity contribution in [2.24, 2.45) is 10.9 Å². The van der Waals surface area contributed by atoms with Crippen molar-refractivity contribution in [2.75, 3.05) is 16.7 Å². The number of sulfonamides is 1. The van der Waals surface area contributed by atoms with Crippen molar-refractivity contribution in [3.05, 3.63) is 59.3 Å². The van der Waals surface area contributed by atoms with E-state index >= 15 is 0 Å². The van der Waals surface area contributed by atoms with Gasteiger partial charge in [-0.05, 0) is 63.6 Å². The highest BCUT2D eigenvalue weighted by Gasteiger charge is 2.49. The zero-order valence-corrected chi connectivity index (χ0v) is 28.0. The van der Waals surface area contributed by atoms with Gasteiger partial charge in [0.2, 0.25) is 11.8 Å². The summed E-state index contributed by atoms with van der Waals surface area (Å²) in [6.07, 6.45) is 8.98. The molecule has 46 heavy (non-hydrogen) atoms. The fourth-order valence-electron chi connectivity index (χ4n) is 6.72. The Bertz CT molecular complexity index is 1790. The van der Waals surface area contributed by atoms with Crippen LogP contribution in [0.15, 0.2) is 56.9 Å². The average molecular weight is 646 g/mol. The van der Waals surface area contributed by atoms with Gasteiger partial charge in [-0.15, -0.1) is 0 Å². The zero-order valence-electron chi connectivity index (χ0n) is 27.1. The molecule has 10 nitrogen and oxygen atoms in total. The summed E-state index contributed by atoms with van der Waals surface area (Å²) < 4.78 is 35.4. The summed E-state index contributed by atoms with van der Waals surface area (Å²) in [6, 6.07) is 12.5. The molecule has 1 aliphatic heterocycles. The highest BCUT2D eigenvalue weighted by Crippen LogP contribution is 2.42. The number of benzene rings is 2. The van der Waals surface area contributed by atoms with E-state index in [0.717, 1.165) is 75.6 Å². The average Bonchev–Trinajstić information content (AvgIpc) is 3.69. The van der Waals surface area contributed by atoms with E-state index in [4.69, 9.17) is 9.52 Å². The molecule has 2 aromatic carbocycles. The van der Waals surface area contributed by atoms with Gasteiger partial charge < -0.3 is 9.42 Å². The van der Waals surface area contributed by atoms with Crippen LogP contribution in [0.1, 0.15) is 88.0 Å². The summed E-state index contributed by atoms with van der Waals surface area (Å²) >= 11 is 0. The Morgan fingerprint density at radius 3 is 2.48 bits per heavy atom. The molecule has 2 amide bonds. The van der Waals surface area contributed by atoms with Crippen LogP contribution in [0.4, 0.5) is 11.6 Å². The minimum absolute atomic E-state index is 0.00299. The summed E-state index contributed by atoms with van der Waals surface area (Å²) in [5.41, 5.74) is 3.07. The second-order valence-electron chi connectivity index (χ2n) is 13.0. The number of aryl methyl sites for hydroxylation is 1. The monoisotopic (exact) mass is 645 g/mol. The van der Waals surface area contributed by atoms with Crippen molar-refractivity contribution < 1.29 is 22.5 Å². The van der Waals surface area contributed by atoms with Crippen molar-refractivity contribution in [1.29, 1.82) is 0 Å². The molecule has 244 valence electrons. The van der Waals surface area contributed by atoms with E-state index in [1.807, 2.05) is 23.1 Å². The Balaban J connectivity index is 1.39. The van der Waals surface area contributed by atoms with Gasteiger partial charge >= 0.3 is 0 Å². The van der Waals surface area contributed by atoms with Crippen LogP contribution in [0.25, 0.3) is 11.1 Å². The quantitative estimate of drug-likeness (QED) is 0.246. The van der Waals surface area contributed by atoms with Crippen LogP contribution in [-0.4, -0.2) is 48.7 Å². The first-order valence-electron chi connectivity index (χ1n) is 16.4. The van der Waals surface area contributed by atoms with Gasteiger partial charge in [0.25, 0.3) is 15.9 Å². The number of rotatable bonds is 11. The van der Waals surface area contributed by atoms with Crippen LogP contribution in [0, 0.1) is 19.8 Å². The molecule has 2 aliphatic carbocycles. The Kier molecular flexibility index (Phi) is 8.80. The van der Waals surface area contributed by atoms with Crippen LogP contribution in [0.5, 0.6) is 0 Å². The van der Waals surface area contributed by atoms with E-state index in [1.165, 1.54) is 0 Å². The number of amides is 2. The maximum atomic E-state index is 13.9. The minimum atomic E-state index is -4.09. The molecule has 0 radical (unpaired) electrons. The molecule has 2 heterocycles. The predicted octanol–water partition coefficient (Wildman–Crippen LogP) is 6.77. The number of nitrogens with one attached hydrogen (secondary N) is 1. The van der Waals surface area contributed by atoms with Crippen molar-refractivity contribution in [1.82, 2.24) is 10.1 Å². The van der Waals surface area contributed by atoms with Gasteiger partial charge in [0.15, 0.2) is 0 Å². The third-order valence-electron chi connectivity index (χ3n) is 9.88. The number of amidine groups is 1. The summed E-state index contributed by atoms with van der Waals surface area (Å²) in [5, 5.41) is 3.88. The molecule has 1 spiro atoms. The van der Waals surface area contributed by atoms with Gasteiger partial charge in [-0.2, -0.15) is 0 Å². The number of hydrogen-bond acceptors (Lipinski definition) is 7. The standard InChI is InChI=1S/C35H43N5O5S/c1-5-6-16-31-36-35(19-9-10-20-35)34(42)40(31)22-25-17-18-27(29(21-25)39(4)33(41)26-12-11-13-26)28-14-7-8-15-30(28)46(43,44)38-32-23(2)24(3)37-45-32/h7-8,14-15,17-18,21,26,38H,5-6,9-13,16,19-20,22H2,1-4H3. The minimum Gasteiger partial charge on any atom is -0.337 e. The fraction of sp³-hybridized carbons (Fsp3) is 0.486. The second-order valence-corrected chi connectivity index (χ2v) is 14.6. The lowest BCUT2D eigenvalue weighted by molar-refractivity contribution is -0.131. The normalized spacial score (nSPS) is 17.8. The molecule has 0 unspecified atom stereocenters. The van der Waals surface area contributed by atoms with Gasteiger partial charge in [0.1, 0.15) is 11.4 Å². The Labute approximate surface area is 271 Å². The smallest absolute Gasteiger partial charge is 0.264 e. The van der Waals surface area contributed by atoms with Crippen LogP contribution in [0.2, 0.25) is 0 Å². The van der Waals surface area contributed by atoms with Crippen LogP contribution in [0.3, 0.4) is 0 Å². The van der Waals surface area contributed by atoms with E-state index in [9.17, 15) is 18.0 Å². The Hall–Kier alpha value is -3.99. The van der Waals surface area contributed by atoms with Gasteiger partial charge in [-0.3, -0.25) is 19.5 Å². The largest absolute Gasteiger partial charge is 0.337 e. The van der Waals surface area contributed by atoms with Crippen molar-refractivity contribution in [2.45, 2.75) is 102 Å². The van der Waals surface area contributed by atoms with E-state index in [-0.39, 0.29) is 28.5 Å². The third-order valence-corrected chi connectivity index (χ3v) is 11.3. The van der Waals surface area contributed by atoms with Crippen molar-refractivity contribution in [3.63, 3.8) is 0 Å². The van der Waals surface area contributed by atoms with E-state index < -0.39 is 15.6 Å². The van der Waals surface area contributed by atoms with E-state index in [1.54, 1.807) is 50.1 Å². The van der Waals surface area contributed by atoms with Crippen LogP contribution in [-0.2, 0) is 26.2 Å². The number of carbonyl (C=O) groups is 2. The Morgan fingerprint density at radius 1 is 1.09 bits per heavy atom. The molecule has 3 aliphatic rings. The molecule has 2 saturated carbocycles. The molecule has 0 atom stereocenters. The lowest BCUT2D eigenvalue weighted by atomic mass is 9.84. The summed E-state index contributed by atoms with van der Waals surface area (Å²) in [5.74, 6) is 0.925. The molecule has 0 bridgehead atoms. The molecule has 11 heteroatoms. The maximum absolute atomic E-state index is 13.9. The molecule has 1 N–H and O–H groups in total. The molecular weight excluding hydrogens is 602 g/mol. The first kappa shape index (κ1) is 32.0. The lowest BCUT2D eigenvalue weighted by Crippen LogP contribution is -2.40. The molecule has 2 fully saturated rings. The fourth-order valence-corrected chi connectivity index (χ4v) is 7.99. The zero-order chi connectivity index (χ0) is 32.6. The molecule has 3 aromatic rings. The van der Waals surface area contributed by atoms with Gasteiger partial charge in [-0.25, -0.2) is 13.1 Å². The number of anilines is 2. The number of aliphatic imine (C=N–C) groups is 1. The Morgan fingerprint density at radius 2 is 1.83 bits per heavy atom. The number of carbonyl (C=O) groups excluding carboxylic acids is 2. The van der Waals surface area contributed by atoms with Crippen LogP contribution < -0.4 is 9.62 Å². The predicted molar refractivity (Wildman–Crippen MR) is 178 cm³/mol. The van der Waals surface area contributed by atoms with Gasteiger partial charge in [-0.1, -0.05) is 68.1 Å². The van der Waals surface area contributed by atoms with E-state index in [0.29, 0.717) is 34.6 Å². The van der Waals surface area contributed by atoms with Crippen molar-refractivity contribution >= 4 is 39.2 Å². The maximum Gasteiger partial charge on any atom is 0.264 e. The first-order valence-corrected chi connectivity index (χ1v) is 17.9. The molecule has 6 rings (SSSR count). The number of hydrogen-bond donors (Lipinski definition) is 1. The van der Waals surface area contributed by atoms with Crippen LogP contribution >= 0.6 is 0 Å². The summed E-state index contributed by atoms with van der Waals surface area (Å²) in [4.78, 5) is 36.0. The number of unbranched alkanes of at least 4 members (excludes halogenated alkanes) is 1. The second kappa shape index (κ2) is 12.7. The third kappa shape index (κ3) is 5.85. The molecular formula is C35H43N5O5S. The summed E-state index contributed by atoms with van der Waals surface area (Å²) in [7, 11) is -2.34. The van der Waals surface area contributed by atoms with Gasteiger partial charge in [0.05, 0.1) is 22.8 Å². The SMILES string of the molecule is CCCCC1=NC2(CCCC2)C(=O)N1Cc1ccc(-c2ccccc2S(=O)(=O)Nc2onc(C)c2C)c(N(C)C(=O)C2CCC2)c1. The first-order chi connectivity index (χ1) is 22.0. The highest BCUT2D eigenvalue weighted by molar-refractivity contribution is 7.92. The van der Waals surface area contributed by atoms with Crippen molar-refractivity contribution in [3.8, 4) is 11.1 Å². The van der Waals surface area contributed by atoms with Gasteiger partial charge in [0, 0.05) is 36.1 Å². The summed E-state index contributed by atoms with van der Waals surface area (Å²) in [6.45, 7) is 5.96. The highest BCUT2D eigenvalue weighted by atomic mass is 32.2. The number of aromatic nitrogens is 1. The molecule has 0 saturated heterocycles. The molecule has 1 aromatic heterocycles. The lowest BCUT2D eigenvalue weighted by Gasteiger charge is -2.31. The topological polar surface area (TPSA) is 125 Å². The number of nitrogens with zero attached hydrogens (tertiary/aromatic N) is 4.